The van der Waals surface area contributed by atoms with Gasteiger partial charge >= 0.3 is 0 Å². The molecule has 0 unspecified atom stereocenters. The Hall–Kier alpha value is -1.03. The van der Waals surface area contributed by atoms with Crippen LogP contribution in [0.3, 0.4) is 0 Å². The van der Waals surface area contributed by atoms with Crippen LogP contribution in [-0.4, -0.2) is 16.8 Å². The summed E-state index contributed by atoms with van der Waals surface area (Å²) in [4.78, 5) is 11.2. The number of anilines is 1. The van der Waals surface area contributed by atoms with Crippen LogP contribution in [0, 0.1) is 0 Å². The quantitative estimate of drug-likeness (QED) is 0.832. The third-order valence-electron chi connectivity index (χ3n) is 1.94. The molecule has 14 heavy (non-hydrogen) atoms. The number of aromatic nitrogens is 2. The zero-order chi connectivity index (χ0) is 10.6. The van der Waals surface area contributed by atoms with E-state index >= 15 is 0 Å². The molecule has 0 amide bonds. The minimum Gasteiger partial charge on any atom is -0.373 e. The molecule has 1 aromatic heterocycles. The van der Waals surface area contributed by atoms with Crippen LogP contribution in [0.5, 0.6) is 0 Å². The van der Waals surface area contributed by atoms with Crippen molar-refractivity contribution in [1.82, 2.24) is 9.78 Å². The minimum atomic E-state index is -0.247. The maximum atomic E-state index is 11.2. The number of aryl methyl sites for hydroxylation is 1. The highest BCUT2D eigenvalue weighted by molar-refractivity contribution is 6.29. The Morgan fingerprint density at radius 1 is 1.64 bits per heavy atom. The van der Waals surface area contributed by atoms with E-state index in [1.807, 2.05) is 0 Å². The SMILES string of the molecule is CCCCn1nc(Cl)c(=O)cc1NC. The normalized spacial score (nSPS) is 10.2. The molecule has 1 aromatic rings. The van der Waals surface area contributed by atoms with Crippen molar-refractivity contribution in [3.8, 4) is 0 Å². The number of nitrogens with one attached hydrogen (secondary N) is 1. The van der Waals surface area contributed by atoms with Gasteiger partial charge in [-0.2, -0.15) is 5.10 Å². The molecular weight excluding hydrogens is 202 g/mol. The summed E-state index contributed by atoms with van der Waals surface area (Å²) < 4.78 is 1.72. The summed E-state index contributed by atoms with van der Waals surface area (Å²) in [6.07, 6.45) is 2.09. The molecular formula is C9H14ClN3O. The lowest BCUT2D eigenvalue weighted by Gasteiger charge is -2.10. The molecule has 78 valence electrons. The van der Waals surface area contributed by atoms with Gasteiger partial charge in [-0.15, -0.1) is 0 Å². The Morgan fingerprint density at radius 3 is 2.93 bits per heavy atom. The zero-order valence-electron chi connectivity index (χ0n) is 8.38. The summed E-state index contributed by atoms with van der Waals surface area (Å²) in [5.74, 6) is 0.702. The molecule has 0 saturated carbocycles. The molecule has 0 spiro atoms. The van der Waals surface area contributed by atoms with Gasteiger partial charge in [0.2, 0.25) is 5.43 Å². The highest BCUT2D eigenvalue weighted by Crippen LogP contribution is 2.06. The van der Waals surface area contributed by atoms with Crippen LogP contribution in [0.1, 0.15) is 19.8 Å². The number of unbranched alkanes of at least 4 members (excludes halogenated alkanes) is 1. The van der Waals surface area contributed by atoms with Gasteiger partial charge in [-0.25, -0.2) is 4.68 Å². The van der Waals surface area contributed by atoms with Crippen molar-refractivity contribution in [2.75, 3.05) is 12.4 Å². The van der Waals surface area contributed by atoms with Crippen LogP contribution in [0.15, 0.2) is 10.9 Å². The Morgan fingerprint density at radius 2 is 2.36 bits per heavy atom. The van der Waals surface area contributed by atoms with E-state index in [1.165, 1.54) is 6.07 Å². The molecule has 0 aliphatic rings. The van der Waals surface area contributed by atoms with E-state index in [9.17, 15) is 4.79 Å². The predicted octanol–water partition coefficient (Wildman–Crippen LogP) is 1.74. The second-order valence-corrected chi connectivity index (χ2v) is 3.37. The Labute approximate surface area is 87.9 Å². The van der Waals surface area contributed by atoms with Gasteiger partial charge in [0, 0.05) is 19.7 Å². The van der Waals surface area contributed by atoms with Gasteiger partial charge in [0.25, 0.3) is 0 Å². The lowest BCUT2D eigenvalue weighted by molar-refractivity contribution is 0.565. The maximum absolute atomic E-state index is 11.2. The molecule has 0 aliphatic carbocycles. The minimum absolute atomic E-state index is 0.0279. The molecule has 4 nitrogen and oxygen atoms in total. The van der Waals surface area contributed by atoms with E-state index in [2.05, 4.69) is 17.3 Å². The van der Waals surface area contributed by atoms with Gasteiger partial charge in [0.05, 0.1) is 0 Å². The van der Waals surface area contributed by atoms with Crippen LogP contribution < -0.4 is 10.7 Å². The molecule has 0 radical (unpaired) electrons. The number of hydrogen-bond donors (Lipinski definition) is 1. The first kappa shape index (κ1) is 11.0. The first-order valence-corrected chi connectivity index (χ1v) is 5.02. The van der Waals surface area contributed by atoms with Crippen LogP contribution in [0.4, 0.5) is 5.82 Å². The predicted molar refractivity (Wildman–Crippen MR) is 58.0 cm³/mol. The van der Waals surface area contributed by atoms with Crippen LogP contribution >= 0.6 is 11.6 Å². The summed E-state index contributed by atoms with van der Waals surface area (Å²) in [6, 6.07) is 1.46. The fraction of sp³-hybridized carbons (Fsp3) is 0.556. The van der Waals surface area contributed by atoms with Crippen LogP contribution in [0.25, 0.3) is 0 Å². The average Bonchev–Trinajstić information content (AvgIpc) is 2.19. The van der Waals surface area contributed by atoms with Crippen molar-refractivity contribution in [3.63, 3.8) is 0 Å². The van der Waals surface area contributed by atoms with E-state index in [0.717, 1.165) is 19.4 Å². The smallest absolute Gasteiger partial charge is 0.221 e. The van der Waals surface area contributed by atoms with Gasteiger partial charge in [-0.3, -0.25) is 4.79 Å². The van der Waals surface area contributed by atoms with Crippen LogP contribution in [0.2, 0.25) is 5.15 Å². The van der Waals surface area contributed by atoms with Gasteiger partial charge in [-0.05, 0) is 6.42 Å². The van der Waals surface area contributed by atoms with Crippen molar-refractivity contribution in [2.24, 2.45) is 0 Å². The molecule has 1 rings (SSSR count). The molecule has 0 aromatic carbocycles. The Kier molecular flexibility index (Phi) is 3.95. The number of hydrogen-bond acceptors (Lipinski definition) is 3. The monoisotopic (exact) mass is 215 g/mol. The van der Waals surface area contributed by atoms with Crippen molar-refractivity contribution in [3.05, 3.63) is 21.4 Å². The summed E-state index contributed by atoms with van der Waals surface area (Å²) >= 11 is 5.65. The Balaban J connectivity index is 3.01. The summed E-state index contributed by atoms with van der Waals surface area (Å²) in [5.41, 5.74) is -0.247. The second-order valence-electron chi connectivity index (χ2n) is 3.01. The van der Waals surface area contributed by atoms with Crippen molar-refractivity contribution in [1.29, 1.82) is 0 Å². The molecule has 0 saturated heterocycles. The second kappa shape index (κ2) is 5.00. The summed E-state index contributed by atoms with van der Waals surface area (Å²) in [5, 5.41) is 6.93. The van der Waals surface area contributed by atoms with E-state index in [1.54, 1.807) is 11.7 Å². The third-order valence-corrected chi connectivity index (χ3v) is 2.20. The van der Waals surface area contributed by atoms with Crippen molar-refractivity contribution >= 4 is 17.4 Å². The Bertz CT molecular complexity index is 362. The molecule has 0 aliphatic heterocycles. The fourth-order valence-electron chi connectivity index (χ4n) is 1.15. The van der Waals surface area contributed by atoms with Gasteiger partial charge in [-0.1, -0.05) is 24.9 Å². The van der Waals surface area contributed by atoms with E-state index in [-0.39, 0.29) is 10.6 Å². The van der Waals surface area contributed by atoms with Crippen molar-refractivity contribution < 1.29 is 0 Å². The summed E-state index contributed by atoms with van der Waals surface area (Å²) in [6.45, 7) is 2.87. The third kappa shape index (κ3) is 2.48. The molecule has 0 fully saturated rings. The lowest BCUT2D eigenvalue weighted by atomic mass is 10.3. The standard InChI is InChI=1S/C9H14ClN3O/c1-3-4-5-13-8(11-2)6-7(14)9(10)12-13/h6,11H,3-5H2,1-2H3. The van der Waals surface area contributed by atoms with E-state index < -0.39 is 0 Å². The maximum Gasteiger partial charge on any atom is 0.221 e. The number of rotatable bonds is 4. The van der Waals surface area contributed by atoms with Gasteiger partial charge in [0.1, 0.15) is 5.82 Å². The first-order valence-electron chi connectivity index (χ1n) is 4.64. The van der Waals surface area contributed by atoms with Gasteiger partial charge < -0.3 is 5.32 Å². The number of halogens is 1. The molecule has 0 bridgehead atoms. The van der Waals surface area contributed by atoms with Gasteiger partial charge in [0.15, 0.2) is 5.15 Å². The highest BCUT2D eigenvalue weighted by Gasteiger charge is 2.04. The van der Waals surface area contributed by atoms with Crippen molar-refractivity contribution in [2.45, 2.75) is 26.3 Å². The largest absolute Gasteiger partial charge is 0.373 e. The number of nitrogens with zero attached hydrogens (tertiary/aromatic N) is 2. The highest BCUT2D eigenvalue weighted by atomic mass is 35.5. The molecule has 5 heteroatoms. The zero-order valence-corrected chi connectivity index (χ0v) is 9.14. The fourth-order valence-corrected chi connectivity index (χ4v) is 1.29. The van der Waals surface area contributed by atoms with Crippen LogP contribution in [-0.2, 0) is 6.54 Å². The summed E-state index contributed by atoms with van der Waals surface area (Å²) in [7, 11) is 1.76. The first-order chi connectivity index (χ1) is 6.69. The van der Waals surface area contributed by atoms with E-state index in [4.69, 9.17) is 11.6 Å². The lowest BCUT2D eigenvalue weighted by Crippen LogP contribution is -2.16. The molecule has 1 N–H and O–H groups in total. The van der Waals surface area contributed by atoms with E-state index in [0.29, 0.717) is 5.82 Å². The topological polar surface area (TPSA) is 46.9 Å². The molecule has 1 heterocycles. The average molecular weight is 216 g/mol. The molecule has 0 atom stereocenters.